The molecule has 2 aliphatic rings. The summed E-state index contributed by atoms with van der Waals surface area (Å²) in [7, 11) is 1.60. The highest BCUT2D eigenvalue weighted by molar-refractivity contribution is 7.12. The van der Waals surface area contributed by atoms with E-state index in [9.17, 15) is 9.59 Å². The van der Waals surface area contributed by atoms with Gasteiger partial charge in [0, 0.05) is 18.6 Å². The van der Waals surface area contributed by atoms with Gasteiger partial charge in [-0.15, -0.1) is 11.3 Å². The molecule has 1 aliphatic heterocycles. The van der Waals surface area contributed by atoms with E-state index in [2.05, 4.69) is 10.6 Å². The van der Waals surface area contributed by atoms with Crippen molar-refractivity contribution in [3.63, 3.8) is 0 Å². The van der Waals surface area contributed by atoms with Crippen molar-refractivity contribution in [3.05, 3.63) is 46.2 Å². The van der Waals surface area contributed by atoms with Crippen LogP contribution in [0.3, 0.4) is 0 Å². The number of benzene rings is 1. The number of aryl methyl sites for hydroxylation is 1. The number of likely N-dealkylation sites (tertiary alicyclic amines) is 1. The van der Waals surface area contributed by atoms with Crippen molar-refractivity contribution in [2.24, 2.45) is 5.92 Å². The number of fused-ring (bicyclic) bond motifs is 2. The number of nitrogens with one attached hydrogen (secondary N) is 2. The highest BCUT2D eigenvalue weighted by Crippen LogP contribution is 2.38. The number of rotatable bonds is 4. The number of nitrogens with zero attached hydrogens (tertiary/aromatic N) is 1. The molecule has 1 aromatic heterocycles. The predicted molar refractivity (Wildman–Crippen MR) is 106 cm³/mol. The molecule has 0 radical (unpaired) electrons. The molecular formula is C20H23N3O3S. The number of methoxy groups -OCH3 is 1. The second-order valence-electron chi connectivity index (χ2n) is 7.23. The fourth-order valence-electron chi connectivity index (χ4n) is 4.13. The van der Waals surface area contributed by atoms with Crippen LogP contribution >= 0.6 is 11.3 Å². The van der Waals surface area contributed by atoms with Crippen molar-refractivity contribution < 1.29 is 14.3 Å². The van der Waals surface area contributed by atoms with Crippen molar-refractivity contribution in [1.82, 2.24) is 10.2 Å². The molecule has 1 saturated carbocycles. The van der Waals surface area contributed by atoms with Crippen molar-refractivity contribution in [2.45, 2.75) is 31.8 Å². The first-order valence-electron chi connectivity index (χ1n) is 9.12. The summed E-state index contributed by atoms with van der Waals surface area (Å²) in [4.78, 5) is 27.7. The Bertz CT molecular complexity index is 852. The zero-order chi connectivity index (χ0) is 19.0. The van der Waals surface area contributed by atoms with Crippen LogP contribution in [0.5, 0.6) is 5.75 Å². The molecule has 2 fully saturated rings. The average molecular weight is 385 g/mol. The molecule has 7 heteroatoms. The first-order chi connectivity index (χ1) is 13.0. The molecule has 1 aliphatic carbocycles. The molecule has 0 spiro atoms. The molecule has 2 heterocycles. The van der Waals surface area contributed by atoms with E-state index in [0.717, 1.165) is 23.3 Å². The van der Waals surface area contributed by atoms with Gasteiger partial charge in [-0.05, 0) is 54.8 Å². The lowest BCUT2D eigenvalue weighted by Crippen LogP contribution is -2.48. The molecular weight excluding hydrogens is 362 g/mol. The van der Waals surface area contributed by atoms with Crippen LogP contribution < -0.4 is 15.4 Å². The predicted octanol–water partition coefficient (Wildman–Crippen LogP) is 3.49. The monoisotopic (exact) mass is 385 g/mol. The number of thiophene rings is 1. The normalized spacial score (nSPS) is 23.3. The van der Waals surface area contributed by atoms with Crippen LogP contribution in [0.2, 0.25) is 0 Å². The third-order valence-corrected chi connectivity index (χ3v) is 6.33. The SMILES string of the molecule is COc1ccc(C)cc1NC(=O)N1C[C@@H]2C[C@H]1C[C@@H]2NC(=O)c1cccs1. The third-order valence-electron chi connectivity index (χ3n) is 5.46. The minimum atomic E-state index is -0.102. The molecule has 6 nitrogen and oxygen atoms in total. The van der Waals surface area contributed by atoms with Crippen molar-refractivity contribution in [2.75, 3.05) is 19.0 Å². The van der Waals surface area contributed by atoms with E-state index >= 15 is 0 Å². The average Bonchev–Trinajstić information content (AvgIpc) is 3.38. The van der Waals surface area contributed by atoms with Gasteiger partial charge in [0.05, 0.1) is 17.7 Å². The van der Waals surface area contributed by atoms with Crippen LogP contribution in [0.15, 0.2) is 35.7 Å². The summed E-state index contributed by atoms with van der Waals surface area (Å²) in [6.45, 7) is 2.65. The largest absolute Gasteiger partial charge is 0.495 e. The Morgan fingerprint density at radius 1 is 1.26 bits per heavy atom. The molecule has 1 aromatic carbocycles. The van der Waals surface area contributed by atoms with Crippen LogP contribution in [0.1, 0.15) is 28.1 Å². The maximum Gasteiger partial charge on any atom is 0.322 e. The van der Waals surface area contributed by atoms with Crippen molar-refractivity contribution >= 4 is 29.0 Å². The van der Waals surface area contributed by atoms with E-state index < -0.39 is 0 Å². The maximum absolute atomic E-state index is 12.8. The number of carbonyl (C=O) groups excluding carboxylic acids is 2. The summed E-state index contributed by atoms with van der Waals surface area (Å²) >= 11 is 1.45. The van der Waals surface area contributed by atoms with Crippen LogP contribution in [0.25, 0.3) is 0 Å². The lowest BCUT2D eigenvalue weighted by Gasteiger charge is -2.32. The number of amides is 3. The first-order valence-corrected chi connectivity index (χ1v) is 9.99. The molecule has 3 amide bonds. The Kier molecular flexibility index (Phi) is 4.78. The Morgan fingerprint density at radius 2 is 2.11 bits per heavy atom. The molecule has 4 rings (SSSR count). The second-order valence-corrected chi connectivity index (χ2v) is 8.18. The number of piperidine rings is 1. The number of urea groups is 1. The van der Waals surface area contributed by atoms with Gasteiger partial charge < -0.3 is 20.3 Å². The highest BCUT2D eigenvalue weighted by atomic mass is 32.1. The molecule has 27 heavy (non-hydrogen) atoms. The summed E-state index contributed by atoms with van der Waals surface area (Å²) in [5.74, 6) is 0.950. The second kappa shape index (κ2) is 7.23. The topological polar surface area (TPSA) is 70.7 Å². The van der Waals surface area contributed by atoms with E-state index in [1.165, 1.54) is 11.3 Å². The summed E-state index contributed by atoms with van der Waals surface area (Å²) in [5.41, 5.74) is 1.75. The van der Waals surface area contributed by atoms with Gasteiger partial charge in [0.15, 0.2) is 0 Å². The number of hydrogen-bond donors (Lipinski definition) is 2. The Balaban J connectivity index is 1.37. The fourth-order valence-corrected chi connectivity index (χ4v) is 4.76. The molecule has 142 valence electrons. The van der Waals surface area contributed by atoms with Gasteiger partial charge in [-0.25, -0.2) is 4.79 Å². The van der Waals surface area contributed by atoms with Gasteiger partial charge in [-0.2, -0.15) is 0 Å². The van der Waals surface area contributed by atoms with Crippen LogP contribution in [-0.4, -0.2) is 42.6 Å². The zero-order valence-corrected chi connectivity index (χ0v) is 16.2. The van der Waals surface area contributed by atoms with Crippen LogP contribution in [-0.2, 0) is 0 Å². The number of ether oxygens (including phenoxy) is 1. The number of carbonyl (C=O) groups is 2. The number of hydrogen-bond acceptors (Lipinski definition) is 4. The minimum absolute atomic E-state index is 0.0111. The van der Waals surface area contributed by atoms with E-state index in [4.69, 9.17) is 4.74 Å². The van der Waals surface area contributed by atoms with Gasteiger partial charge in [-0.3, -0.25) is 4.79 Å². The summed E-state index contributed by atoms with van der Waals surface area (Å²) in [5, 5.41) is 8.03. The van der Waals surface area contributed by atoms with Crippen molar-refractivity contribution in [1.29, 1.82) is 0 Å². The van der Waals surface area contributed by atoms with E-state index in [-0.39, 0.29) is 24.0 Å². The highest BCUT2D eigenvalue weighted by Gasteiger charge is 2.47. The third kappa shape index (κ3) is 3.51. The fraction of sp³-hybridized carbons (Fsp3) is 0.400. The van der Waals surface area contributed by atoms with Crippen LogP contribution in [0.4, 0.5) is 10.5 Å². The van der Waals surface area contributed by atoms with Gasteiger partial charge in [-0.1, -0.05) is 12.1 Å². The lowest BCUT2D eigenvalue weighted by molar-refractivity contribution is 0.0919. The lowest BCUT2D eigenvalue weighted by atomic mass is 10.0. The van der Waals surface area contributed by atoms with Crippen LogP contribution in [0, 0.1) is 12.8 Å². The van der Waals surface area contributed by atoms with Gasteiger partial charge >= 0.3 is 6.03 Å². The first kappa shape index (κ1) is 17.9. The molecule has 2 N–H and O–H groups in total. The summed E-state index contributed by atoms with van der Waals surface area (Å²) < 4.78 is 5.34. The number of anilines is 1. The molecule has 1 saturated heterocycles. The van der Waals surface area contributed by atoms with Gasteiger partial charge in [0.25, 0.3) is 5.91 Å². The molecule has 2 bridgehead atoms. The van der Waals surface area contributed by atoms with E-state index in [0.29, 0.717) is 23.9 Å². The Hall–Kier alpha value is -2.54. The van der Waals surface area contributed by atoms with E-state index in [1.807, 2.05) is 47.5 Å². The summed E-state index contributed by atoms with van der Waals surface area (Å²) in [6, 6.07) is 9.64. The standard InChI is InChI=1S/C20H23N3O3S/c1-12-5-6-17(26-2)16(8-12)22-20(25)23-11-13-9-14(23)10-15(13)21-19(24)18-4-3-7-27-18/h3-8,13-15H,9-11H2,1-2H3,(H,21,24)(H,22,25)/t13-,14-,15-/m0/s1. The quantitative estimate of drug-likeness (QED) is 0.846. The van der Waals surface area contributed by atoms with Crippen molar-refractivity contribution in [3.8, 4) is 5.75 Å². The Labute approximate surface area is 162 Å². The van der Waals surface area contributed by atoms with E-state index in [1.54, 1.807) is 7.11 Å². The molecule has 3 atom stereocenters. The maximum atomic E-state index is 12.8. The Morgan fingerprint density at radius 3 is 2.78 bits per heavy atom. The van der Waals surface area contributed by atoms with Gasteiger partial charge in [0.2, 0.25) is 0 Å². The zero-order valence-electron chi connectivity index (χ0n) is 15.4. The minimum Gasteiger partial charge on any atom is -0.495 e. The molecule has 2 aromatic rings. The van der Waals surface area contributed by atoms with Gasteiger partial charge in [0.1, 0.15) is 5.75 Å². The molecule has 0 unspecified atom stereocenters. The summed E-state index contributed by atoms with van der Waals surface area (Å²) in [6.07, 6.45) is 1.74. The smallest absolute Gasteiger partial charge is 0.322 e.